The Hall–Kier alpha value is -2.16. The van der Waals surface area contributed by atoms with Crippen molar-refractivity contribution < 1.29 is 9.18 Å². The molecule has 2 atom stereocenters. The van der Waals surface area contributed by atoms with Gasteiger partial charge in [0.1, 0.15) is 5.82 Å². The first-order chi connectivity index (χ1) is 12.0. The SMILES string of the molecule is Cc1ccc(C(=O)N2C3CCC2CC(c2ccc(F)cc2)C3)cc1C. The molecule has 3 heteroatoms. The van der Waals surface area contributed by atoms with Crippen LogP contribution in [0.5, 0.6) is 0 Å². The lowest BCUT2D eigenvalue weighted by atomic mass is 9.84. The molecule has 2 saturated heterocycles. The molecule has 0 N–H and O–H groups in total. The van der Waals surface area contributed by atoms with Crippen LogP contribution in [-0.2, 0) is 0 Å². The molecule has 2 nitrogen and oxygen atoms in total. The quantitative estimate of drug-likeness (QED) is 0.756. The van der Waals surface area contributed by atoms with Crippen LogP contribution in [0, 0.1) is 19.7 Å². The number of hydrogen-bond acceptors (Lipinski definition) is 1. The topological polar surface area (TPSA) is 20.3 Å². The van der Waals surface area contributed by atoms with Gasteiger partial charge in [0.2, 0.25) is 0 Å². The van der Waals surface area contributed by atoms with E-state index in [-0.39, 0.29) is 11.7 Å². The van der Waals surface area contributed by atoms with E-state index in [9.17, 15) is 9.18 Å². The number of rotatable bonds is 2. The van der Waals surface area contributed by atoms with E-state index in [2.05, 4.69) is 18.7 Å². The lowest BCUT2D eigenvalue weighted by molar-refractivity contribution is 0.0571. The van der Waals surface area contributed by atoms with Crippen LogP contribution in [-0.4, -0.2) is 22.9 Å². The Kier molecular flexibility index (Phi) is 4.10. The summed E-state index contributed by atoms with van der Waals surface area (Å²) >= 11 is 0. The molecule has 0 aliphatic carbocycles. The summed E-state index contributed by atoms with van der Waals surface area (Å²) in [5.41, 5.74) is 4.39. The number of benzene rings is 2. The molecular weight excluding hydrogens is 313 g/mol. The van der Waals surface area contributed by atoms with Gasteiger partial charge in [0, 0.05) is 17.6 Å². The summed E-state index contributed by atoms with van der Waals surface area (Å²) in [5.74, 6) is 0.420. The van der Waals surface area contributed by atoms with Gasteiger partial charge in [0.25, 0.3) is 5.91 Å². The van der Waals surface area contributed by atoms with Gasteiger partial charge in [-0.2, -0.15) is 0 Å². The molecule has 2 aliphatic heterocycles. The van der Waals surface area contributed by atoms with Gasteiger partial charge in [-0.15, -0.1) is 0 Å². The summed E-state index contributed by atoms with van der Waals surface area (Å²) in [5, 5.41) is 0. The van der Waals surface area contributed by atoms with Crippen molar-refractivity contribution in [2.24, 2.45) is 0 Å². The van der Waals surface area contributed by atoms with Crippen LogP contribution in [0.1, 0.15) is 58.6 Å². The monoisotopic (exact) mass is 337 g/mol. The molecule has 1 amide bonds. The highest BCUT2D eigenvalue weighted by Crippen LogP contribution is 2.43. The van der Waals surface area contributed by atoms with Gasteiger partial charge in [-0.3, -0.25) is 4.79 Å². The molecule has 0 aromatic heterocycles. The number of fused-ring (bicyclic) bond motifs is 2. The van der Waals surface area contributed by atoms with Gasteiger partial charge in [0.15, 0.2) is 0 Å². The molecule has 0 radical (unpaired) electrons. The van der Waals surface area contributed by atoms with Crippen LogP contribution in [0.15, 0.2) is 42.5 Å². The zero-order valence-electron chi connectivity index (χ0n) is 14.8. The number of carbonyl (C=O) groups excluding carboxylic acids is 1. The zero-order chi connectivity index (χ0) is 17.6. The first kappa shape index (κ1) is 16.3. The Bertz CT molecular complexity index is 784. The van der Waals surface area contributed by atoms with E-state index in [4.69, 9.17) is 0 Å². The summed E-state index contributed by atoms with van der Waals surface area (Å²) < 4.78 is 13.2. The van der Waals surface area contributed by atoms with Crippen LogP contribution < -0.4 is 0 Å². The zero-order valence-corrected chi connectivity index (χ0v) is 14.8. The normalized spacial score (nSPS) is 25.2. The van der Waals surface area contributed by atoms with Crippen molar-refractivity contribution in [2.75, 3.05) is 0 Å². The second kappa shape index (κ2) is 6.29. The molecule has 2 aliphatic rings. The number of halogens is 1. The predicted molar refractivity (Wildman–Crippen MR) is 97.3 cm³/mol. The summed E-state index contributed by atoms with van der Waals surface area (Å²) in [6, 6.07) is 13.5. The highest BCUT2D eigenvalue weighted by molar-refractivity contribution is 5.95. The average Bonchev–Trinajstić information content (AvgIpc) is 2.87. The second-order valence-corrected chi connectivity index (χ2v) is 7.62. The van der Waals surface area contributed by atoms with Crippen LogP contribution in [0.4, 0.5) is 4.39 Å². The summed E-state index contributed by atoms with van der Waals surface area (Å²) in [6.07, 6.45) is 4.13. The van der Waals surface area contributed by atoms with Crippen molar-refractivity contribution in [3.05, 3.63) is 70.5 Å². The molecule has 2 fully saturated rings. The van der Waals surface area contributed by atoms with E-state index in [0.29, 0.717) is 18.0 Å². The lowest BCUT2D eigenvalue weighted by Gasteiger charge is -2.39. The van der Waals surface area contributed by atoms with Crippen molar-refractivity contribution in [1.29, 1.82) is 0 Å². The fourth-order valence-electron chi connectivity index (χ4n) is 4.54. The average molecular weight is 337 g/mol. The number of aryl methyl sites for hydroxylation is 2. The largest absolute Gasteiger partial charge is 0.333 e. The molecule has 4 rings (SSSR count). The summed E-state index contributed by atoms with van der Waals surface area (Å²) in [6.45, 7) is 4.13. The Morgan fingerprint density at radius 3 is 2.20 bits per heavy atom. The van der Waals surface area contributed by atoms with Gasteiger partial charge in [-0.05, 0) is 86.4 Å². The smallest absolute Gasteiger partial charge is 0.254 e. The van der Waals surface area contributed by atoms with E-state index >= 15 is 0 Å². The second-order valence-electron chi connectivity index (χ2n) is 7.62. The Labute approximate surface area is 148 Å². The lowest BCUT2D eigenvalue weighted by Crippen LogP contribution is -2.46. The molecule has 2 unspecified atom stereocenters. The Balaban J connectivity index is 1.55. The minimum absolute atomic E-state index is 0.174. The third kappa shape index (κ3) is 2.97. The van der Waals surface area contributed by atoms with Gasteiger partial charge in [-0.25, -0.2) is 4.39 Å². The van der Waals surface area contributed by atoms with E-state index < -0.39 is 0 Å². The van der Waals surface area contributed by atoms with Crippen LogP contribution in [0.2, 0.25) is 0 Å². The summed E-state index contributed by atoms with van der Waals surface area (Å²) in [7, 11) is 0. The van der Waals surface area contributed by atoms with E-state index in [1.165, 1.54) is 16.7 Å². The van der Waals surface area contributed by atoms with Crippen molar-refractivity contribution in [2.45, 2.75) is 57.5 Å². The highest BCUT2D eigenvalue weighted by atomic mass is 19.1. The maximum atomic E-state index is 13.2. The number of amides is 1. The van der Waals surface area contributed by atoms with E-state index in [0.717, 1.165) is 31.2 Å². The highest BCUT2D eigenvalue weighted by Gasteiger charge is 2.43. The summed E-state index contributed by atoms with van der Waals surface area (Å²) in [4.78, 5) is 15.2. The molecule has 25 heavy (non-hydrogen) atoms. The van der Waals surface area contributed by atoms with Crippen LogP contribution >= 0.6 is 0 Å². The molecule has 0 spiro atoms. The third-order valence-corrected chi connectivity index (χ3v) is 6.06. The minimum atomic E-state index is -0.186. The molecule has 0 saturated carbocycles. The Morgan fingerprint density at radius 1 is 0.960 bits per heavy atom. The number of nitrogens with zero attached hydrogens (tertiary/aromatic N) is 1. The van der Waals surface area contributed by atoms with Crippen LogP contribution in [0.3, 0.4) is 0 Å². The van der Waals surface area contributed by atoms with Crippen molar-refractivity contribution in [3.8, 4) is 0 Å². The van der Waals surface area contributed by atoms with Crippen molar-refractivity contribution in [1.82, 2.24) is 4.90 Å². The van der Waals surface area contributed by atoms with Crippen LogP contribution in [0.25, 0.3) is 0 Å². The molecular formula is C22H24FNO. The first-order valence-corrected chi connectivity index (χ1v) is 9.18. The first-order valence-electron chi connectivity index (χ1n) is 9.18. The van der Waals surface area contributed by atoms with Crippen molar-refractivity contribution in [3.63, 3.8) is 0 Å². The maximum absolute atomic E-state index is 13.2. The third-order valence-electron chi connectivity index (χ3n) is 6.06. The molecule has 130 valence electrons. The number of hydrogen-bond donors (Lipinski definition) is 0. The maximum Gasteiger partial charge on any atom is 0.254 e. The van der Waals surface area contributed by atoms with Crippen molar-refractivity contribution >= 4 is 5.91 Å². The van der Waals surface area contributed by atoms with E-state index in [1.54, 1.807) is 12.1 Å². The fourth-order valence-corrected chi connectivity index (χ4v) is 4.54. The van der Waals surface area contributed by atoms with E-state index in [1.807, 2.05) is 30.3 Å². The minimum Gasteiger partial charge on any atom is -0.333 e. The standard InChI is InChI=1S/C22H24FNO/c1-14-3-4-17(11-15(14)2)22(25)24-20-9-10-21(24)13-18(12-20)16-5-7-19(23)8-6-16/h3-8,11,18,20-21H,9-10,12-13H2,1-2H3. The van der Waals surface area contributed by atoms with Gasteiger partial charge >= 0.3 is 0 Å². The van der Waals surface area contributed by atoms with Gasteiger partial charge in [-0.1, -0.05) is 18.2 Å². The molecule has 2 heterocycles. The molecule has 2 bridgehead atoms. The van der Waals surface area contributed by atoms with Gasteiger partial charge < -0.3 is 4.90 Å². The number of piperidine rings is 1. The molecule has 2 aromatic carbocycles. The Morgan fingerprint density at radius 2 is 1.60 bits per heavy atom. The number of carbonyl (C=O) groups is 1. The van der Waals surface area contributed by atoms with Gasteiger partial charge in [0.05, 0.1) is 0 Å². The molecule has 2 aromatic rings. The fraction of sp³-hybridized carbons (Fsp3) is 0.409. The predicted octanol–water partition coefficient (Wildman–Crippen LogP) is 4.99.